The molecule has 1 saturated carbocycles. The van der Waals surface area contributed by atoms with Crippen LogP contribution in [0.3, 0.4) is 0 Å². The van der Waals surface area contributed by atoms with Gasteiger partial charge in [-0.3, -0.25) is 4.99 Å². The van der Waals surface area contributed by atoms with Gasteiger partial charge in [-0.05, 0) is 48.8 Å². The number of nitrogens with two attached hydrogens (primary N) is 1. The normalized spacial score (nSPS) is 16.8. The zero-order valence-electron chi connectivity index (χ0n) is 15.6. The van der Waals surface area contributed by atoms with E-state index in [1.807, 2.05) is 0 Å². The predicted molar refractivity (Wildman–Crippen MR) is 117 cm³/mol. The van der Waals surface area contributed by atoms with Gasteiger partial charge >= 0.3 is 0 Å². The zero-order chi connectivity index (χ0) is 18.3. The first-order valence-electron chi connectivity index (χ1n) is 8.95. The Morgan fingerprint density at radius 1 is 1.19 bits per heavy atom. The van der Waals surface area contributed by atoms with Crippen LogP contribution >= 0.6 is 24.0 Å². The molecule has 1 fully saturated rings. The largest absolute Gasteiger partial charge is 0.356 e. The number of benzene rings is 1. The first-order chi connectivity index (χ1) is 11.9. The SMILES string of the molecule is CCC1(CNC(=NC)NCCc2ccc(S(N)(=O)=O)cc2)CCCC1.I. The summed E-state index contributed by atoms with van der Waals surface area (Å²) in [5.41, 5.74) is 1.47. The van der Waals surface area contributed by atoms with Gasteiger partial charge in [-0.15, -0.1) is 24.0 Å². The molecule has 1 aliphatic rings. The molecule has 0 radical (unpaired) electrons. The van der Waals surface area contributed by atoms with Crippen molar-refractivity contribution in [3.05, 3.63) is 29.8 Å². The second kappa shape index (κ2) is 10.5. The number of guanidine groups is 1. The summed E-state index contributed by atoms with van der Waals surface area (Å²) in [5.74, 6) is 0.820. The van der Waals surface area contributed by atoms with Crippen molar-refractivity contribution in [2.24, 2.45) is 15.5 Å². The summed E-state index contributed by atoms with van der Waals surface area (Å²) in [7, 11) is -1.84. The van der Waals surface area contributed by atoms with Crippen LogP contribution in [0.1, 0.15) is 44.6 Å². The van der Waals surface area contributed by atoms with Crippen LogP contribution in [0.5, 0.6) is 0 Å². The molecule has 1 aromatic rings. The smallest absolute Gasteiger partial charge is 0.238 e. The molecule has 0 bridgehead atoms. The summed E-state index contributed by atoms with van der Waals surface area (Å²) >= 11 is 0. The lowest BCUT2D eigenvalue weighted by Gasteiger charge is -2.28. The number of hydrogen-bond acceptors (Lipinski definition) is 3. The van der Waals surface area contributed by atoms with Crippen molar-refractivity contribution in [2.45, 2.75) is 50.3 Å². The van der Waals surface area contributed by atoms with E-state index in [0.717, 1.165) is 31.0 Å². The van der Waals surface area contributed by atoms with Crippen molar-refractivity contribution >= 4 is 40.0 Å². The van der Waals surface area contributed by atoms with Crippen molar-refractivity contribution in [2.75, 3.05) is 20.1 Å². The maximum Gasteiger partial charge on any atom is 0.238 e. The third kappa shape index (κ3) is 6.70. The molecule has 0 spiro atoms. The third-order valence-electron chi connectivity index (χ3n) is 5.23. The van der Waals surface area contributed by atoms with Crippen molar-refractivity contribution in [3.8, 4) is 0 Å². The highest BCUT2D eigenvalue weighted by molar-refractivity contribution is 14.0. The van der Waals surface area contributed by atoms with Gasteiger partial charge in [-0.2, -0.15) is 0 Å². The second-order valence-electron chi connectivity index (χ2n) is 6.85. The number of aliphatic imine (C=N–C) groups is 1. The molecule has 8 heteroatoms. The molecule has 6 nitrogen and oxygen atoms in total. The molecule has 148 valence electrons. The molecule has 26 heavy (non-hydrogen) atoms. The fraction of sp³-hybridized carbons (Fsp3) is 0.611. The van der Waals surface area contributed by atoms with E-state index < -0.39 is 10.0 Å². The molecule has 0 unspecified atom stereocenters. The number of halogens is 1. The molecular weight excluding hydrogens is 463 g/mol. The van der Waals surface area contributed by atoms with E-state index in [2.05, 4.69) is 22.5 Å². The maximum absolute atomic E-state index is 11.3. The summed E-state index contributed by atoms with van der Waals surface area (Å²) in [6.07, 6.45) is 7.23. The minimum Gasteiger partial charge on any atom is -0.356 e. The zero-order valence-corrected chi connectivity index (χ0v) is 18.8. The summed E-state index contributed by atoms with van der Waals surface area (Å²) in [6, 6.07) is 6.68. The van der Waals surface area contributed by atoms with E-state index in [1.165, 1.54) is 32.1 Å². The van der Waals surface area contributed by atoms with Gasteiger partial charge in [0.1, 0.15) is 0 Å². The summed E-state index contributed by atoms with van der Waals surface area (Å²) < 4.78 is 22.5. The summed E-state index contributed by atoms with van der Waals surface area (Å²) in [5, 5.41) is 11.9. The van der Waals surface area contributed by atoms with Gasteiger partial charge in [0, 0.05) is 20.1 Å². The maximum atomic E-state index is 11.3. The molecule has 2 rings (SSSR count). The van der Waals surface area contributed by atoms with Gasteiger partial charge in [0.15, 0.2) is 5.96 Å². The predicted octanol–water partition coefficient (Wildman–Crippen LogP) is 2.63. The number of primary sulfonamides is 1. The average Bonchev–Trinajstić information content (AvgIpc) is 3.07. The van der Waals surface area contributed by atoms with E-state index in [-0.39, 0.29) is 28.9 Å². The molecular formula is C18H31IN4O2S. The highest BCUT2D eigenvalue weighted by atomic mass is 127. The van der Waals surface area contributed by atoms with Crippen LogP contribution in [0.15, 0.2) is 34.2 Å². The number of nitrogens with one attached hydrogen (secondary N) is 2. The van der Waals surface area contributed by atoms with Crippen LogP contribution in [0.2, 0.25) is 0 Å². The van der Waals surface area contributed by atoms with E-state index in [4.69, 9.17) is 5.14 Å². The molecule has 0 heterocycles. The molecule has 0 saturated heterocycles. The van der Waals surface area contributed by atoms with E-state index in [0.29, 0.717) is 5.41 Å². The third-order valence-corrected chi connectivity index (χ3v) is 6.16. The Hall–Kier alpha value is -0.870. The lowest BCUT2D eigenvalue weighted by atomic mass is 9.83. The van der Waals surface area contributed by atoms with E-state index >= 15 is 0 Å². The average molecular weight is 494 g/mol. The topological polar surface area (TPSA) is 96.6 Å². The van der Waals surface area contributed by atoms with Gasteiger partial charge in [0.05, 0.1) is 4.90 Å². The van der Waals surface area contributed by atoms with Crippen molar-refractivity contribution in [1.82, 2.24) is 10.6 Å². The molecule has 0 atom stereocenters. The first-order valence-corrected chi connectivity index (χ1v) is 10.5. The monoisotopic (exact) mass is 494 g/mol. The Bertz CT molecular complexity index is 684. The second-order valence-corrected chi connectivity index (χ2v) is 8.41. The molecule has 0 aliphatic heterocycles. The van der Waals surface area contributed by atoms with Crippen LogP contribution in [-0.4, -0.2) is 34.5 Å². The number of sulfonamides is 1. The molecule has 4 N–H and O–H groups in total. The Kier molecular flexibility index (Phi) is 9.32. The molecule has 1 aliphatic carbocycles. The quantitative estimate of drug-likeness (QED) is 0.309. The highest BCUT2D eigenvalue weighted by Gasteiger charge is 2.31. The molecule has 0 amide bonds. The lowest BCUT2D eigenvalue weighted by Crippen LogP contribution is -2.43. The molecule has 0 aromatic heterocycles. The lowest BCUT2D eigenvalue weighted by molar-refractivity contribution is 0.283. The Morgan fingerprint density at radius 3 is 2.31 bits per heavy atom. The van der Waals surface area contributed by atoms with Gasteiger partial charge in [-0.25, -0.2) is 13.6 Å². The Balaban J connectivity index is 0.00000338. The summed E-state index contributed by atoms with van der Waals surface area (Å²) in [6.45, 7) is 3.97. The van der Waals surface area contributed by atoms with Crippen LogP contribution in [-0.2, 0) is 16.4 Å². The standard InChI is InChI=1S/C18H30N4O2S.HI/c1-3-18(11-4-5-12-18)14-22-17(20-2)21-13-10-15-6-8-16(9-7-15)25(19,23)24;/h6-9H,3-5,10-14H2,1-2H3,(H2,19,23,24)(H2,20,21,22);1H. The van der Waals surface area contributed by atoms with Crippen LogP contribution in [0, 0.1) is 5.41 Å². The van der Waals surface area contributed by atoms with E-state index in [1.54, 1.807) is 31.3 Å². The fourth-order valence-electron chi connectivity index (χ4n) is 3.44. The van der Waals surface area contributed by atoms with Crippen LogP contribution < -0.4 is 15.8 Å². The highest BCUT2D eigenvalue weighted by Crippen LogP contribution is 2.40. The van der Waals surface area contributed by atoms with Crippen LogP contribution in [0.4, 0.5) is 0 Å². The Morgan fingerprint density at radius 2 is 1.81 bits per heavy atom. The minimum absolute atomic E-state index is 0. The Labute approximate surface area is 174 Å². The summed E-state index contributed by atoms with van der Waals surface area (Å²) in [4.78, 5) is 4.43. The van der Waals surface area contributed by atoms with Crippen molar-refractivity contribution in [3.63, 3.8) is 0 Å². The van der Waals surface area contributed by atoms with Gasteiger partial charge in [-0.1, -0.05) is 31.9 Å². The number of rotatable bonds is 7. The van der Waals surface area contributed by atoms with Crippen molar-refractivity contribution < 1.29 is 8.42 Å². The molecule has 1 aromatic carbocycles. The van der Waals surface area contributed by atoms with Gasteiger partial charge in [0.25, 0.3) is 0 Å². The van der Waals surface area contributed by atoms with Crippen LogP contribution in [0.25, 0.3) is 0 Å². The minimum atomic E-state index is -3.63. The first kappa shape index (κ1) is 23.2. The number of nitrogens with zero attached hydrogens (tertiary/aromatic N) is 1. The number of hydrogen-bond donors (Lipinski definition) is 3. The van der Waals surface area contributed by atoms with Crippen molar-refractivity contribution in [1.29, 1.82) is 0 Å². The van der Waals surface area contributed by atoms with Gasteiger partial charge in [0.2, 0.25) is 10.0 Å². The fourth-order valence-corrected chi connectivity index (χ4v) is 3.96. The van der Waals surface area contributed by atoms with E-state index in [9.17, 15) is 8.42 Å². The van der Waals surface area contributed by atoms with Gasteiger partial charge < -0.3 is 10.6 Å².